The van der Waals surface area contributed by atoms with E-state index in [1.807, 2.05) is 51.1 Å². The molecule has 0 spiro atoms. The van der Waals surface area contributed by atoms with Crippen LogP contribution >= 0.6 is 0 Å². The smallest absolute Gasteiger partial charge is 0.251 e. The number of para-hydroxylation sites is 1. The summed E-state index contributed by atoms with van der Waals surface area (Å²) in [5.41, 5.74) is 0.951. The Morgan fingerprint density at radius 2 is 1.62 bits per heavy atom. The van der Waals surface area contributed by atoms with Crippen molar-refractivity contribution in [3.8, 4) is 5.75 Å². The minimum absolute atomic E-state index is 0.0754. The molecule has 26 heavy (non-hydrogen) atoms. The number of carbonyl (C=O) groups excluding carboxylic acids is 2. The van der Waals surface area contributed by atoms with Crippen molar-refractivity contribution in [1.29, 1.82) is 0 Å². The second-order valence-corrected chi connectivity index (χ2v) is 7.09. The molecule has 0 fully saturated rings. The van der Waals surface area contributed by atoms with Crippen LogP contribution in [0.1, 0.15) is 44.0 Å². The van der Waals surface area contributed by atoms with E-state index < -0.39 is 0 Å². The summed E-state index contributed by atoms with van der Waals surface area (Å²) >= 11 is 0. The van der Waals surface area contributed by atoms with Crippen molar-refractivity contribution >= 4 is 17.5 Å². The fourth-order valence-corrected chi connectivity index (χ4v) is 2.28. The molecular weight excluding hydrogens is 328 g/mol. The molecule has 0 aliphatic carbocycles. The molecule has 0 radical (unpaired) electrons. The van der Waals surface area contributed by atoms with Gasteiger partial charge in [-0.25, -0.2) is 0 Å². The maximum Gasteiger partial charge on any atom is 0.251 e. The predicted molar refractivity (Wildman–Crippen MR) is 103 cm³/mol. The number of amides is 2. The number of anilines is 1. The first-order valence-electron chi connectivity index (χ1n) is 8.74. The molecule has 2 aromatic carbocycles. The Balaban J connectivity index is 1.74. The highest BCUT2D eigenvalue weighted by atomic mass is 16.5. The third-order valence-electron chi connectivity index (χ3n) is 3.48. The second-order valence-electron chi connectivity index (χ2n) is 7.09. The minimum Gasteiger partial charge on any atom is -0.494 e. The number of benzene rings is 2. The fourth-order valence-electron chi connectivity index (χ4n) is 2.28. The van der Waals surface area contributed by atoms with Crippen LogP contribution in [0.4, 0.5) is 5.69 Å². The van der Waals surface area contributed by atoms with Gasteiger partial charge in [-0.3, -0.25) is 9.59 Å². The topological polar surface area (TPSA) is 67.4 Å². The van der Waals surface area contributed by atoms with Crippen molar-refractivity contribution in [1.82, 2.24) is 5.32 Å². The van der Waals surface area contributed by atoms with E-state index >= 15 is 0 Å². The number of ether oxygens (including phenoxy) is 1. The van der Waals surface area contributed by atoms with E-state index in [-0.39, 0.29) is 17.4 Å². The van der Waals surface area contributed by atoms with E-state index in [2.05, 4.69) is 10.6 Å². The van der Waals surface area contributed by atoms with Crippen molar-refractivity contribution in [2.75, 3.05) is 11.9 Å². The van der Waals surface area contributed by atoms with Crippen LogP contribution < -0.4 is 15.4 Å². The quantitative estimate of drug-likeness (QED) is 0.738. The zero-order valence-electron chi connectivity index (χ0n) is 15.5. The van der Waals surface area contributed by atoms with Crippen LogP contribution in [-0.2, 0) is 4.79 Å². The van der Waals surface area contributed by atoms with Gasteiger partial charge in [0.25, 0.3) is 5.91 Å². The molecular formula is C21H26N2O3. The molecule has 138 valence electrons. The van der Waals surface area contributed by atoms with E-state index in [0.717, 1.165) is 5.75 Å². The lowest BCUT2D eigenvalue weighted by Gasteiger charge is -2.20. The highest BCUT2D eigenvalue weighted by Gasteiger charge is 2.15. The Morgan fingerprint density at radius 3 is 2.23 bits per heavy atom. The van der Waals surface area contributed by atoms with Crippen LogP contribution in [0.25, 0.3) is 0 Å². The lowest BCUT2D eigenvalue weighted by atomic mass is 10.1. The van der Waals surface area contributed by atoms with Gasteiger partial charge in [-0.1, -0.05) is 18.2 Å². The fraction of sp³-hybridized carbons (Fsp3) is 0.333. The number of hydrogen-bond donors (Lipinski definition) is 2. The highest BCUT2D eigenvalue weighted by Crippen LogP contribution is 2.12. The highest BCUT2D eigenvalue weighted by molar-refractivity contribution is 5.96. The summed E-state index contributed by atoms with van der Waals surface area (Å²) in [7, 11) is 0. The molecule has 0 saturated carbocycles. The Morgan fingerprint density at radius 1 is 0.962 bits per heavy atom. The van der Waals surface area contributed by atoms with Crippen molar-refractivity contribution in [2.24, 2.45) is 0 Å². The molecule has 0 atom stereocenters. The van der Waals surface area contributed by atoms with Gasteiger partial charge in [-0.2, -0.15) is 0 Å². The Bertz CT molecular complexity index is 719. The van der Waals surface area contributed by atoms with Gasteiger partial charge in [0, 0.05) is 23.2 Å². The van der Waals surface area contributed by atoms with E-state index in [1.165, 1.54) is 0 Å². The molecule has 0 heterocycles. The summed E-state index contributed by atoms with van der Waals surface area (Å²) in [5, 5.41) is 5.73. The van der Waals surface area contributed by atoms with Crippen LogP contribution in [0.5, 0.6) is 5.75 Å². The zero-order valence-corrected chi connectivity index (χ0v) is 15.5. The summed E-state index contributed by atoms with van der Waals surface area (Å²) in [6.45, 7) is 6.28. The molecule has 0 saturated heterocycles. The molecule has 0 aromatic heterocycles. The van der Waals surface area contributed by atoms with Crippen LogP contribution in [0.2, 0.25) is 0 Å². The first kappa shape index (κ1) is 19.5. The van der Waals surface area contributed by atoms with Gasteiger partial charge in [0.2, 0.25) is 5.91 Å². The standard InChI is InChI=1S/C21H26N2O3/c1-21(2,3)23-20(25)16-11-13-17(14-12-16)22-19(24)10-7-15-26-18-8-5-4-6-9-18/h4-6,8-9,11-14H,7,10,15H2,1-3H3,(H,22,24)(H,23,25). The normalized spacial score (nSPS) is 10.9. The first-order valence-corrected chi connectivity index (χ1v) is 8.74. The van der Waals surface area contributed by atoms with Gasteiger partial charge in [-0.15, -0.1) is 0 Å². The molecule has 0 aliphatic rings. The summed E-state index contributed by atoms with van der Waals surface area (Å²) in [6.07, 6.45) is 1.01. The van der Waals surface area contributed by atoms with Crippen molar-refractivity contribution in [2.45, 2.75) is 39.2 Å². The summed E-state index contributed by atoms with van der Waals surface area (Å²) in [6, 6.07) is 16.4. The summed E-state index contributed by atoms with van der Waals surface area (Å²) in [5.74, 6) is 0.596. The van der Waals surface area contributed by atoms with Gasteiger partial charge in [0.05, 0.1) is 6.61 Å². The molecule has 0 aliphatic heterocycles. The minimum atomic E-state index is -0.286. The van der Waals surface area contributed by atoms with Crippen LogP contribution in [0.15, 0.2) is 54.6 Å². The summed E-state index contributed by atoms with van der Waals surface area (Å²) < 4.78 is 5.56. The molecule has 2 rings (SSSR count). The molecule has 5 heteroatoms. The van der Waals surface area contributed by atoms with Gasteiger partial charge >= 0.3 is 0 Å². The molecule has 0 unspecified atom stereocenters. The second kappa shape index (κ2) is 9.04. The van der Waals surface area contributed by atoms with Crippen molar-refractivity contribution in [3.05, 3.63) is 60.2 Å². The Labute approximate surface area is 154 Å². The molecule has 2 aromatic rings. The average molecular weight is 354 g/mol. The molecule has 2 N–H and O–H groups in total. The maximum atomic E-state index is 12.1. The largest absolute Gasteiger partial charge is 0.494 e. The maximum absolute atomic E-state index is 12.1. The van der Waals surface area contributed by atoms with Gasteiger partial charge in [0.1, 0.15) is 5.75 Å². The summed E-state index contributed by atoms with van der Waals surface area (Å²) in [4.78, 5) is 24.1. The lowest BCUT2D eigenvalue weighted by Crippen LogP contribution is -2.40. The molecule has 0 bridgehead atoms. The molecule has 5 nitrogen and oxygen atoms in total. The Hall–Kier alpha value is -2.82. The third kappa shape index (κ3) is 6.97. The van der Waals surface area contributed by atoms with E-state index in [4.69, 9.17) is 4.74 Å². The van der Waals surface area contributed by atoms with Crippen LogP contribution in [0, 0.1) is 0 Å². The van der Waals surface area contributed by atoms with E-state index in [0.29, 0.717) is 30.7 Å². The number of hydrogen-bond acceptors (Lipinski definition) is 3. The van der Waals surface area contributed by atoms with E-state index in [9.17, 15) is 9.59 Å². The number of carbonyl (C=O) groups is 2. The van der Waals surface area contributed by atoms with Crippen molar-refractivity contribution < 1.29 is 14.3 Å². The zero-order chi connectivity index (χ0) is 19.0. The van der Waals surface area contributed by atoms with Crippen LogP contribution in [-0.4, -0.2) is 24.0 Å². The monoisotopic (exact) mass is 354 g/mol. The lowest BCUT2D eigenvalue weighted by molar-refractivity contribution is -0.116. The van der Waals surface area contributed by atoms with Gasteiger partial charge < -0.3 is 15.4 Å². The van der Waals surface area contributed by atoms with Gasteiger partial charge in [0.15, 0.2) is 0 Å². The van der Waals surface area contributed by atoms with Crippen LogP contribution in [0.3, 0.4) is 0 Å². The van der Waals surface area contributed by atoms with Gasteiger partial charge in [-0.05, 0) is 63.6 Å². The number of rotatable bonds is 7. The SMILES string of the molecule is CC(C)(C)NC(=O)c1ccc(NC(=O)CCCOc2ccccc2)cc1. The predicted octanol–water partition coefficient (Wildman–Crippen LogP) is 4.01. The Kier molecular flexibility index (Phi) is 6.78. The average Bonchev–Trinajstić information content (AvgIpc) is 2.59. The number of nitrogens with one attached hydrogen (secondary N) is 2. The third-order valence-corrected chi connectivity index (χ3v) is 3.48. The first-order chi connectivity index (χ1) is 12.3. The van der Waals surface area contributed by atoms with Crippen molar-refractivity contribution in [3.63, 3.8) is 0 Å². The molecule has 2 amide bonds. The van der Waals surface area contributed by atoms with E-state index in [1.54, 1.807) is 24.3 Å².